The quantitative estimate of drug-likeness (QED) is 0.546. The van der Waals surface area contributed by atoms with Crippen molar-refractivity contribution in [3.8, 4) is 11.3 Å². The second-order valence-corrected chi connectivity index (χ2v) is 6.32. The molecule has 3 aromatic rings. The number of hydrogen-bond acceptors (Lipinski definition) is 3. The fourth-order valence-corrected chi connectivity index (χ4v) is 3.31. The molecule has 0 bridgehead atoms. The van der Waals surface area contributed by atoms with Crippen LogP contribution < -0.4 is 5.43 Å². The molecule has 0 saturated carbocycles. The molecule has 1 amide bonds. The summed E-state index contributed by atoms with van der Waals surface area (Å²) in [6.45, 7) is 0. The molecular formula is C19H14ClFN4O. The SMILES string of the molecule is O=C(N/N=C/c1c(F)cccc1Cl)c1[nH]nc2c1CCc1ccccc1-2. The molecular weight excluding hydrogens is 355 g/mol. The molecule has 2 N–H and O–H groups in total. The molecule has 26 heavy (non-hydrogen) atoms. The van der Waals surface area contributed by atoms with E-state index in [2.05, 4.69) is 26.8 Å². The minimum atomic E-state index is -0.508. The van der Waals surface area contributed by atoms with Crippen LogP contribution in [-0.4, -0.2) is 22.3 Å². The number of carbonyl (C=O) groups excluding carboxylic acids is 1. The molecule has 0 unspecified atom stereocenters. The van der Waals surface area contributed by atoms with E-state index in [0.717, 1.165) is 23.2 Å². The van der Waals surface area contributed by atoms with Crippen LogP contribution in [0.3, 0.4) is 0 Å². The molecule has 1 heterocycles. The third-order valence-corrected chi connectivity index (χ3v) is 4.70. The van der Waals surface area contributed by atoms with Gasteiger partial charge >= 0.3 is 0 Å². The van der Waals surface area contributed by atoms with Gasteiger partial charge < -0.3 is 0 Å². The van der Waals surface area contributed by atoms with E-state index in [4.69, 9.17) is 11.6 Å². The van der Waals surface area contributed by atoms with Crippen LogP contribution in [0, 0.1) is 5.82 Å². The van der Waals surface area contributed by atoms with Crippen LogP contribution in [0.15, 0.2) is 47.6 Å². The van der Waals surface area contributed by atoms with E-state index in [9.17, 15) is 9.18 Å². The van der Waals surface area contributed by atoms with Crippen molar-refractivity contribution in [2.24, 2.45) is 5.10 Å². The molecule has 5 nitrogen and oxygen atoms in total. The van der Waals surface area contributed by atoms with Crippen LogP contribution in [0.2, 0.25) is 5.02 Å². The Bertz CT molecular complexity index is 1010. The molecule has 0 radical (unpaired) electrons. The molecule has 0 aliphatic heterocycles. The van der Waals surface area contributed by atoms with E-state index in [0.29, 0.717) is 12.1 Å². The molecule has 0 atom stereocenters. The number of nitrogens with one attached hydrogen (secondary N) is 2. The van der Waals surface area contributed by atoms with Crippen molar-refractivity contribution < 1.29 is 9.18 Å². The summed E-state index contributed by atoms with van der Waals surface area (Å²) in [6.07, 6.45) is 2.75. The number of fused-ring (bicyclic) bond motifs is 3. The highest BCUT2D eigenvalue weighted by Gasteiger charge is 2.24. The van der Waals surface area contributed by atoms with Gasteiger partial charge in [0.1, 0.15) is 11.5 Å². The Morgan fingerprint density at radius 3 is 2.92 bits per heavy atom. The lowest BCUT2D eigenvalue weighted by molar-refractivity contribution is 0.0949. The predicted octanol–water partition coefficient (Wildman–Crippen LogP) is 3.73. The number of halogens is 2. The second-order valence-electron chi connectivity index (χ2n) is 5.92. The van der Waals surface area contributed by atoms with Crippen LogP contribution in [-0.2, 0) is 12.8 Å². The third-order valence-electron chi connectivity index (χ3n) is 4.37. The highest BCUT2D eigenvalue weighted by molar-refractivity contribution is 6.33. The minimum absolute atomic E-state index is 0.120. The van der Waals surface area contributed by atoms with E-state index in [-0.39, 0.29) is 10.6 Å². The van der Waals surface area contributed by atoms with Crippen LogP contribution in [0.1, 0.15) is 27.2 Å². The largest absolute Gasteiger partial charge is 0.289 e. The molecule has 0 fully saturated rings. The standard InChI is InChI=1S/C19H14ClFN4O/c20-15-6-3-7-16(21)14(15)10-22-25-19(26)18-13-9-8-11-4-1-2-5-12(11)17(13)23-24-18/h1-7,10H,8-9H2,(H,23,24)(H,25,26)/b22-10+. The Kier molecular flexibility index (Phi) is 4.26. The number of aromatic amines is 1. The van der Waals surface area contributed by atoms with Crippen molar-refractivity contribution in [3.63, 3.8) is 0 Å². The van der Waals surface area contributed by atoms with Crippen molar-refractivity contribution in [2.45, 2.75) is 12.8 Å². The summed E-state index contributed by atoms with van der Waals surface area (Å²) in [7, 11) is 0. The summed E-state index contributed by atoms with van der Waals surface area (Å²) in [6, 6.07) is 12.3. The summed E-state index contributed by atoms with van der Waals surface area (Å²) in [4.78, 5) is 12.4. The monoisotopic (exact) mass is 368 g/mol. The average molecular weight is 369 g/mol. The molecule has 0 saturated heterocycles. The number of carbonyl (C=O) groups is 1. The van der Waals surface area contributed by atoms with Gasteiger partial charge in [-0.2, -0.15) is 10.2 Å². The molecule has 4 rings (SSSR count). The topological polar surface area (TPSA) is 70.1 Å². The van der Waals surface area contributed by atoms with Gasteiger partial charge in [0.25, 0.3) is 5.91 Å². The maximum atomic E-state index is 13.7. The van der Waals surface area contributed by atoms with Gasteiger partial charge in [-0.25, -0.2) is 9.82 Å². The smallest absolute Gasteiger partial charge is 0.272 e. The third kappa shape index (κ3) is 2.88. The van der Waals surface area contributed by atoms with Crippen LogP contribution in [0.25, 0.3) is 11.3 Å². The summed E-state index contributed by atoms with van der Waals surface area (Å²) >= 11 is 5.93. The first-order valence-electron chi connectivity index (χ1n) is 8.08. The van der Waals surface area contributed by atoms with E-state index in [1.54, 1.807) is 6.07 Å². The molecule has 2 aromatic carbocycles. The van der Waals surface area contributed by atoms with Crippen molar-refractivity contribution in [3.05, 3.63) is 75.7 Å². The fourth-order valence-electron chi connectivity index (χ4n) is 3.09. The van der Waals surface area contributed by atoms with E-state index in [1.807, 2.05) is 18.2 Å². The molecule has 1 aliphatic rings. The molecule has 7 heteroatoms. The van der Waals surface area contributed by atoms with Gasteiger partial charge in [0.15, 0.2) is 0 Å². The first kappa shape index (κ1) is 16.5. The number of benzene rings is 2. The van der Waals surface area contributed by atoms with Crippen molar-refractivity contribution in [1.82, 2.24) is 15.6 Å². The number of aryl methyl sites for hydroxylation is 1. The van der Waals surface area contributed by atoms with Gasteiger partial charge in [-0.15, -0.1) is 0 Å². The summed E-state index contributed by atoms with van der Waals surface area (Å²) in [5.41, 5.74) is 6.78. The number of rotatable bonds is 3. The van der Waals surface area contributed by atoms with Crippen LogP contribution in [0.4, 0.5) is 4.39 Å². The predicted molar refractivity (Wildman–Crippen MR) is 97.9 cm³/mol. The van der Waals surface area contributed by atoms with Crippen molar-refractivity contribution in [2.75, 3.05) is 0 Å². The maximum Gasteiger partial charge on any atom is 0.289 e. The van der Waals surface area contributed by atoms with Crippen LogP contribution in [0.5, 0.6) is 0 Å². The zero-order chi connectivity index (χ0) is 18.1. The van der Waals surface area contributed by atoms with Gasteiger partial charge in [-0.1, -0.05) is 41.9 Å². The Hall–Kier alpha value is -2.99. The number of aromatic nitrogens is 2. The number of amides is 1. The normalized spacial score (nSPS) is 12.7. The maximum absolute atomic E-state index is 13.7. The number of H-pyrrole nitrogens is 1. The zero-order valence-electron chi connectivity index (χ0n) is 13.6. The number of hydrazone groups is 1. The Balaban J connectivity index is 1.56. The van der Waals surface area contributed by atoms with Crippen molar-refractivity contribution in [1.29, 1.82) is 0 Å². The lowest BCUT2D eigenvalue weighted by Gasteiger charge is -2.15. The highest BCUT2D eigenvalue weighted by atomic mass is 35.5. The molecule has 130 valence electrons. The first-order valence-corrected chi connectivity index (χ1v) is 8.46. The first-order chi connectivity index (χ1) is 12.6. The fraction of sp³-hybridized carbons (Fsp3) is 0.105. The van der Waals surface area contributed by atoms with E-state index in [1.165, 1.54) is 23.9 Å². The lowest BCUT2D eigenvalue weighted by Crippen LogP contribution is -2.20. The summed E-state index contributed by atoms with van der Waals surface area (Å²) in [5, 5.41) is 11.1. The van der Waals surface area contributed by atoms with Crippen LogP contribution >= 0.6 is 11.6 Å². The number of hydrogen-bond donors (Lipinski definition) is 2. The van der Waals surface area contributed by atoms with Gasteiger partial charge in [0, 0.05) is 16.7 Å². The van der Waals surface area contributed by atoms with E-state index >= 15 is 0 Å². The Morgan fingerprint density at radius 2 is 2.08 bits per heavy atom. The highest BCUT2D eigenvalue weighted by Crippen LogP contribution is 2.33. The second kappa shape index (κ2) is 6.72. The average Bonchev–Trinajstić information content (AvgIpc) is 3.08. The van der Waals surface area contributed by atoms with Gasteiger partial charge in [0.05, 0.1) is 16.9 Å². The molecule has 1 aromatic heterocycles. The zero-order valence-corrected chi connectivity index (χ0v) is 14.3. The van der Waals surface area contributed by atoms with Gasteiger partial charge in [0.2, 0.25) is 0 Å². The Labute approximate surface area is 153 Å². The van der Waals surface area contributed by atoms with Gasteiger partial charge in [-0.3, -0.25) is 9.89 Å². The lowest BCUT2D eigenvalue weighted by atomic mass is 9.89. The molecule has 0 spiro atoms. The summed E-state index contributed by atoms with van der Waals surface area (Å²) in [5.74, 6) is -0.937. The Morgan fingerprint density at radius 1 is 1.23 bits per heavy atom. The van der Waals surface area contributed by atoms with Crippen molar-refractivity contribution >= 4 is 23.7 Å². The summed E-state index contributed by atoms with van der Waals surface area (Å²) < 4.78 is 13.7. The van der Waals surface area contributed by atoms with E-state index < -0.39 is 11.7 Å². The van der Waals surface area contributed by atoms with Gasteiger partial charge in [-0.05, 0) is 30.5 Å². The minimum Gasteiger partial charge on any atom is -0.272 e. The number of nitrogens with zero attached hydrogens (tertiary/aromatic N) is 2. The molecule has 1 aliphatic carbocycles.